The van der Waals surface area contributed by atoms with Gasteiger partial charge in [0, 0.05) is 41.6 Å². The Labute approximate surface area is 178 Å². The standard InChI is InChI=1S/C24H23N7/c1-30-23-21-15(3-4-19-18(21)12-26-29-19)16-9-14-11-27-31(2)20(14)10-17(16)22(23)28-24(30)13-5-7-25-8-6-13/h3-4,9-13,25H,5-8H2,1-2H3,(H,26,29). The number of benzene rings is 3. The van der Waals surface area contributed by atoms with Crippen LogP contribution in [0.25, 0.3) is 54.4 Å². The topological polar surface area (TPSA) is 76.3 Å². The summed E-state index contributed by atoms with van der Waals surface area (Å²) >= 11 is 0. The maximum Gasteiger partial charge on any atom is 0.112 e. The monoisotopic (exact) mass is 409 g/mol. The van der Waals surface area contributed by atoms with Crippen LogP contribution in [0.3, 0.4) is 0 Å². The minimum absolute atomic E-state index is 0.479. The van der Waals surface area contributed by atoms with Crippen molar-refractivity contribution in [3.8, 4) is 0 Å². The van der Waals surface area contributed by atoms with Crippen molar-refractivity contribution < 1.29 is 0 Å². The van der Waals surface area contributed by atoms with E-state index in [4.69, 9.17) is 4.98 Å². The first kappa shape index (κ1) is 17.3. The van der Waals surface area contributed by atoms with Crippen LogP contribution >= 0.6 is 0 Å². The lowest BCUT2D eigenvalue weighted by Gasteiger charge is -2.22. The van der Waals surface area contributed by atoms with Gasteiger partial charge in [0.05, 0.1) is 34.5 Å². The number of aromatic amines is 1. The van der Waals surface area contributed by atoms with E-state index in [1.54, 1.807) is 0 Å². The number of imidazole rings is 1. The molecule has 7 heteroatoms. The lowest BCUT2D eigenvalue weighted by Crippen LogP contribution is -2.27. The zero-order chi connectivity index (χ0) is 20.7. The summed E-state index contributed by atoms with van der Waals surface area (Å²) < 4.78 is 4.29. The molecule has 0 bridgehead atoms. The van der Waals surface area contributed by atoms with E-state index in [9.17, 15) is 0 Å². The number of fused-ring (bicyclic) bond motifs is 9. The highest BCUT2D eigenvalue weighted by Crippen LogP contribution is 2.41. The molecular weight excluding hydrogens is 386 g/mol. The van der Waals surface area contributed by atoms with Gasteiger partial charge in [-0.15, -0.1) is 0 Å². The fourth-order valence-electron chi connectivity index (χ4n) is 5.55. The second-order valence-electron chi connectivity index (χ2n) is 8.79. The number of H-pyrrole nitrogens is 1. The first-order valence-corrected chi connectivity index (χ1v) is 10.9. The molecule has 4 heterocycles. The van der Waals surface area contributed by atoms with Gasteiger partial charge in [-0.3, -0.25) is 9.78 Å². The normalized spacial score (nSPS) is 15.9. The average molecular weight is 409 g/mol. The van der Waals surface area contributed by atoms with Crippen molar-refractivity contribution in [3.63, 3.8) is 0 Å². The second-order valence-corrected chi connectivity index (χ2v) is 8.79. The fraction of sp³-hybridized carbons (Fsp3) is 0.292. The minimum atomic E-state index is 0.479. The Morgan fingerprint density at radius 1 is 0.968 bits per heavy atom. The van der Waals surface area contributed by atoms with Crippen LogP contribution in [0.2, 0.25) is 0 Å². The quantitative estimate of drug-likeness (QED) is 0.401. The first-order valence-electron chi connectivity index (χ1n) is 10.9. The summed E-state index contributed by atoms with van der Waals surface area (Å²) in [6, 6.07) is 8.88. The SMILES string of the molecule is Cn1ncc2cc3c(cc21)c1nc(C2CCNCC2)n(C)c1c1c2cn[nH]c2ccc31. The number of nitrogens with zero attached hydrogens (tertiary/aromatic N) is 5. The maximum absolute atomic E-state index is 5.30. The molecule has 7 nitrogen and oxygen atoms in total. The van der Waals surface area contributed by atoms with Gasteiger partial charge in [0.2, 0.25) is 0 Å². The summed E-state index contributed by atoms with van der Waals surface area (Å²) in [5, 5.41) is 22.6. The lowest BCUT2D eigenvalue weighted by atomic mass is 9.96. The van der Waals surface area contributed by atoms with Crippen LogP contribution in [0.5, 0.6) is 0 Å². The van der Waals surface area contributed by atoms with Gasteiger partial charge in [-0.2, -0.15) is 10.2 Å². The van der Waals surface area contributed by atoms with Crippen molar-refractivity contribution in [2.45, 2.75) is 18.8 Å². The molecule has 154 valence electrons. The molecule has 1 aliphatic rings. The first-order chi connectivity index (χ1) is 15.2. The molecule has 7 rings (SSSR count). The lowest BCUT2D eigenvalue weighted by molar-refractivity contribution is 0.439. The van der Waals surface area contributed by atoms with Gasteiger partial charge in [-0.25, -0.2) is 4.98 Å². The molecule has 0 aliphatic carbocycles. The minimum Gasteiger partial charge on any atom is -0.330 e. The average Bonchev–Trinajstić information content (AvgIpc) is 3.51. The van der Waals surface area contributed by atoms with Crippen LogP contribution in [-0.2, 0) is 14.1 Å². The fourth-order valence-corrected chi connectivity index (χ4v) is 5.55. The van der Waals surface area contributed by atoms with E-state index in [1.165, 1.54) is 32.9 Å². The summed E-state index contributed by atoms with van der Waals surface area (Å²) in [6.45, 7) is 2.11. The zero-order valence-corrected chi connectivity index (χ0v) is 17.6. The van der Waals surface area contributed by atoms with Crippen molar-refractivity contribution in [2.75, 3.05) is 13.1 Å². The highest BCUT2D eigenvalue weighted by atomic mass is 15.2. The summed E-state index contributed by atoms with van der Waals surface area (Å²) in [5.74, 6) is 1.67. The van der Waals surface area contributed by atoms with Gasteiger partial charge < -0.3 is 9.88 Å². The van der Waals surface area contributed by atoms with Gasteiger partial charge in [0.15, 0.2) is 0 Å². The molecule has 0 unspecified atom stereocenters. The second kappa shape index (κ2) is 6.04. The number of nitrogens with one attached hydrogen (secondary N) is 2. The Kier molecular flexibility index (Phi) is 3.36. The van der Waals surface area contributed by atoms with Gasteiger partial charge in [-0.05, 0) is 54.9 Å². The summed E-state index contributed by atoms with van der Waals surface area (Å²) in [5.41, 5.74) is 4.46. The number of aromatic nitrogens is 6. The molecular formula is C24H23N7. The van der Waals surface area contributed by atoms with Crippen LogP contribution in [0.1, 0.15) is 24.6 Å². The van der Waals surface area contributed by atoms with Crippen LogP contribution in [0, 0.1) is 0 Å². The Hall–Kier alpha value is -3.45. The molecule has 0 saturated carbocycles. The third-order valence-electron chi connectivity index (χ3n) is 7.13. The number of hydrogen-bond donors (Lipinski definition) is 2. The van der Waals surface area contributed by atoms with Crippen molar-refractivity contribution in [2.24, 2.45) is 14.1 Å². The van der Waals surface area contributed by atoms with Crippen molar-refractivity contribution in [1.82, 2.24) is 34.8 Å². The van der Waals surface area contributed by atoms with Gasteiger partial charge >= 0.3 is 0 Å². The van der Waals surface area contributed by atoms with E-state index in [2.05, 4.69) is 56.5 Å². The van der Waals surface area contributed by atoms with Crippen LogP contribution in [0.4, 0.5) is 0 Å². The van der Waals surface area contributed by atoms with Gasteiger partial charge in [-0.1, -0.05) is 6.07 Å². The smallest absolute Gasteiger partial charge is 0.112 e. The molecule has 1 saturated heterocycles. The van der Waals surface area contributed by atoms with Crippen LogP contribution < -0.4 is 5.32 Å². The number of piperidine rings is 1. The van der Waals surface area contributed by atoms with Crippen LogP contribution in [0.15, 0.2) is 36.7 Å². The van der Waals surface area contributed by atoms with Gasteiger partial charge in [0.25, 0.3) is 0 Å². The molecule has 0 spiro atoms. The Morgan fingerprint density at radius 2 is 1.84 bits per heavy atom. The summed E-state index contributed by atoms with van der Waals surface area (Å²) in [7, 11) is 4.18. The van der Waals surface area contributed by atoms with Crippen molar-refractivity contribution in [3.05, 3.63) is 42.5 Å². The third-order valence-corrected chi connectivity index (χ3v) is 7.13. The van der Waals surface area contributed by atoms with Gasteiger partial charge in [0.1, 0.15) is 5.82 Å². The molecule has 31 heavy (non-hydrogen) atoms. The third kappa shape index (κ3) is 2.24. The Bertz CT molecular complexity index is 1640. The van der Waals surface area contributed by atoms with Crippen molar-refractivity contribution >= 4 is 54.4 Å². The highest BCUT2D eigenvalue weighted by molar-refractivity contribution is 6.30. The predicted molar refractivity (Wildman–Crippen MR) is 124 cm³/mol. The predicted octanol–water partition coefficient (Wildman–Crippen LogP) is 4.11. The summed E-state index contributed by atoms with van der Waals surface area (Å²) in [4.78, 5) is 5.30. The van der Waals surface area contributed by atoms with E-state index in [0.29, 0.717) is 5.92 Å². The molecule has 1 aliphatic heterocycles. The van der Waals surface area contributed by atoms with Crippen LogP contribution in [-0.4, -0.2) is 42.6 Å². The highest BCUT2D eigenvalue weighted by Gasteiger charge is 2.24. The molecule has 0 amide bonds. The molecule has 3 aromatic heterocycles. The Morgan fingerprint density at radius 3 is 2.71 bits per heavy atom. The maximum atomic E-state index is 5.30. The molecule has 1 fully saturated rings. The molecule has 0 radical (unpaired) electrons. The number of aryl methyl sites for hydroxylation is 2. The van der Waals surface area contributed by atoms with E-state index in [-0.39, 0.29) is 0 Å². The number of hydrogen-bond acceptors (Lipinski definition) is 4. The van der Waals surface area contributed by atoms with Crippen molar-refractivity contribution in [1.29, 1.82) is 0 Å². The Balaban J connectivity index is 1.72. The molecule has 3 aromatic carbocycles. The zero-order valence-electron chi connectivity index (χ0n) is 17.6. The van der Waals surface area contributed by atoms with E-state index in [1.807, 2.05) is 24.1 Å². The molecule has 2 N–H and O–H groups in total. The summed E-state index contributed by atoms with van der Waals surface area (Å²) in [6.07, 6.45) is 6.14. The van der Waals surface area contributed by atoms with E-state index >= 15 is 0 Å². The molecule has 6 aromatic rings. The number of rotatable bonds is 1. The molecule has 0 atom stereocenters. The van der Waals surface area contributed by atoms with E-state index < -0.39 is 0 Å². The van der Waals surface area contributed by atoms with E-state index in [0.717, 1.165) is 53.3 Å². The largest absolute Gasteiger partial charge is 0.330 e.